The lowest BCUT2D eigenvalue weighted by atomic mass is 9.99. The van der Waals surface area contributed by atoms with Crippen LogP contribution in [0.1, 0.15) is 29.7 Å². The van der Waals surface area contributed by atoms with Crippen LogP contribution in [-0.4, -0.2) is 31.1 Å². The molecule has 2 heteroatoms. The van der Waals surface area contributed by atoms with Crippen molar-refractivity contribution in [2.75, 3.05) is 20.1 Å². The molecule has 1 unspecified atom stereocenters. The van der Waals surface area contributed by atoms with Crippen molar-refractivity contribution in [3.63, 3.8) is 0 Å². The topological polar surface area (TPSA) is 15.3 Å². The highest BCUT2D eigenvalue weighted by molar-refractivity contribution is 5.31. The molecule has 0 spiro atoms. The van der Waals surface area contributed by atoms with Gasteiger partial charge in [0.1, 0.15) is 0 Å². The zero-order chi connectivity index (χ0) is 11.7. The SMILES string of the molecule is Cc1ccc(C(C)N(C)C2CNC2)cc1C. The maximum Gasteiger partial charge on any atom is 0.0348 e. The number of rotatable bonds is 3. The third-order valence-electron chi connectivity index (χ3n) is 3.96. The van der Waals surface area contributed by atoms with Crippen LogP contribution in [0.5, 0.6) is 0 Å². The van der Waals surface area contributed by atoms with E-state index in [2.05, 4.69) is 56.2 Å². The van der Waals surface area contributed by atoms with Crippen molar-refractivity contribution in [1.29, 1.82) is 0 Å². The third kappa shape index (κ3) is 2.13. The molecule has 1 aromatic carbocycles. The first-order chi connectivity index (χ1) is 7.59. The number of aryl methyl sites for hydroxylation is 2. The average Bonchev–Trinajstić information content (AvgIpc) is 2.18. The average molecular weight is 218 g/mol. The highest BCUT2D eigenvalue weighted by Gasteiger charge is 2.25. The van der Waals surface area contributed by atoms with Crippen LogP contribution < -0.4 is 5.32 Å². The van der Waals surface area contributed by atoms with Crippen molar-refractivity contribution in [1.82, 2.24) is 10.2 Å². The number of nitrogens with zero attached hydrogens (tertiary/aromatic N) is 1. The molecule has 0 aromatic heterocycles. The molecule has 0 amide bonds. The minimum Gasteiger partial charge on any atom is -0.314 e. The zero-order valence-electron chi connectivity index (χ0n) is 10.7. The Morgan fingerprint density at radius 1 is 1.25 bits per heavy atom. The Hall–Kier alpha value is -0.860. The van der Waals surface area contributed by atoms with Gasteiger partial charge in [0.2, 0.25) is 0 Å². The summed E-state index contributed by atoms with van der Waals surface area (Å²) in [4.78, 5) is 2.47. The normalized spacial score (nSPS) is 18.6. The Labute approximate surface area is 98.7 Å². The van der Waals surface area contributed by atoms with Crippen LogP contribution in [0.4, 0.5) is 0 Å². The van der Waals surface area contributed by atoms with E-state index in [0.717, 1.165) is 13.1 Å². The monoisotopic (exact) mass is 218 g/mol. The van der Waals surface area contributed by atoms with Crippen LogP contribution in [0, 0.1) is 13.8 Å². The van der Waals surface area contributed by atoms with Gasteiger partial charge in [0, 0.05) is 25.2 Å². The van der Waals surface area contributed by atoms with E-state index < -0.39 is 0 Å². The fourth-order valence-corrected chi connectivity index (χ4v) is 2.14. The predicted octanol–water partition coefficient (Wildman–Crippen LogP) is 2.27. The first-order valence-corrected chi connectivity index (χ1v) is 6.09. The van der Waals surface area contributed by atoms with E-state index in [1.807, 2.05) is 0 Å². The van der Waals surface area contributed by atoms with Crippen molar-refractivity contribution >= 4 is 0 Å². The molecule has 16 heavy (non-hydrogen) atoms. The molecule has 2 nitrogen and oxygen atoms in total. The fourth-order valence-electron chi connectivity index (χ4n) is 2.14. The highest BCUT2D eigenvalue weighted by atomic mass is 15.2. The molecule has 0 saturated carbocycles. The fraction of sp³-hybridized carbons (Fsp3) is 0.571. The number of benzene rings is 1. The quantitative estimate of drug-likeness (QED) is 0.837. The minimum absolute atomic E-state index is 0.506. The van der Waals surface area contributed by atoms with Crippen LogP contribution in [-0.2, 0) is 0 Å². The number of hydrogen-bond donors (Lipinski definition) is 1. The summed E-state index contributed by atoms with van der Waals surface area (Å²) in [6.45, 7) is 8.92. The second-order valence-electron chi connectivity index (χ2n) is 5.00. The van der Waals surface area contributed by atoms with Gasteiger partial charge in [-0.05, 0) is 44.5 Å². The van der Waals surface area contributed by atoms with Crippen LogP contribution >= 0.6 is 0 Å². The lowest BCUT2D eigenvalue weighted by molar-refractivity contribution is 0.136. The van der Waals surface area contributed by atoms with Crippen LogP contribution in [0.25, 0.3) is 0 Å². The van der Waals surface area contributed by atoms with Crippen molar-refractivity contribution in [2.45, 2.75) is 32.9 Å². The van der Waals surface area contributed by atoms with Gasteiger partial charge in [-0.25, -0.2) is 0 Å². The molecule has 2 rings (SSSR count). The Balaban J connectivity index is 2.12. The molecule has 1 N–H and O–H groups in total. The lowest BCUT2D eigenvalue weighted by Gasteiger charge is -2.39. The summed E-state index contributed by atoms with van der Waals surface area (Å²) < 4.78 is 0. The van der Waals surface area contributed by atoms with E-state index in [9.17, 15) is 0 Å². The predicted molar refractivity (Wildman–Crippen MR) is 68.8 cm³/mol. The van der Waals surface area contributed by atoms with Gasteiger partial charge in [-0.1, -0.05) is 18.2 Å². The number of nitrogens with one attached hydrogen (secondary N) is 1. The molecule has 1 aliphatic rings. The molecular weight excluding hydrogens is 196 g/mol. The standard InChI is InChI=1S/C14H22N2/c1-10-5-6-13(7-11(10)2)12(3)16(4)14-8-15-9-14/h5-7,12,14-15H,8-9H2,1-4H3. The van der Waals surface area contributed by atoms with E-state index in [1.54, 1.807) is 0 Å². The van der Waals surface area contributed by atoms with Gasteiger partial charge in [0.15, 0.2) is 0 Å². The maximum atomic E-state index is 3.33. The van der Waals surface area contributed by atoms with E-state index in [1.165, 1.54) is 16.7 Å². The van der Waals surface area contributed by atoms with E-state index in [-0.39, 0.29) is 0 Å². The van der Waals surface area contributed by atoms with E-state index in [4.69, 9.17) is 0 Å². The summed E-state index contributed by atoms with van der Waals surface area (Å²) in [6.07, 6.45) is 0. The Kier molecular flexibility index (Phi) is 3.31. The van der Waals surface area contributed by atoms with Gasteiger partial charge in [0.05, 0.1) is 0 Å². The molecule has 0 aliphatic carbocycles. The Morgan fingerprint density at radius 2 is 1.94 bits per heavy atom. The summed E-state index contributed by atoms with van der Waals surface area (Å²) in [5.41, 5.74) is 4.20. The second kappa shape index (κ2) is 4.56. The molecule has 88 valence electrons. The van der Waals surface area contributed by atoms with E-state index in [0.29, 0.717) is 12.1 Å². The van der Waals surface area contributed by atoms with Gasteiger partial charge >= 0.3 is 0 Å². The molecule has 1 aromatic rings. The molecule has 1 saturated heterocycles. The van der Waals surface area contributed by atoms with Gasteiger partial charge in [-0.2, -0.15) is 0 Å². The Morgan fingerprint density at radius 3 is 2.44 bits per heavy atom. The maximum absolute atomic E-state index is 3.33. The minimum atomic E-state index is 0.506. The van der Waals surface area contributed by atoms with Crippen LogP contribution in [0.3, 0.4) is 0 Å². The van der Waals surface area contributed by atoms with Gasteiger partial charge in [0.25, 0.3) is 0 Å². The molecule has 1 atom stereocenters. The first kappa shape index (κ1) is 11.6. The Bertz CT molecular complexity index is 369. The zero-order valence-corrected chi connectivity index (χ0v) is 10.7. The molecule has 0 bridgehead atoms. The smallest absolute Gasteiger partial charge is 0.0348 e. The highest BCUT2D eigenvalue weighted by Crippen LogP contribution is 2.23. The third-order valence-corrected chi connectivity index (χ3v) is 3.96. The van der Waals surface area contributed by atoms with Gasteiger partial charge < -0.3 is 5.32 Å². The summed E-state index contributed by atoms with van der Waals surface area (Å²) in [6, 6.07) is 8.02. The lowest BCUT2D eigenvalue weighted by Crippen LogP contribution is -2.56. The van der Waals surface area contributed by atoms with Crippen molar-refractivity contribution in [2.24, 2.45) is 0 Å². The van der Waals surface area contributed by atoms with Crippen LogP contribution in [0.2, 0.25) is 0 Å². The van der Waals surface area contributed by atoms with Gasteiger partial charge in [-0.15, -0.1) is 0 Å². The molecule has 1 aliphatic heterocycles. The van der Waals surface area contributed by atoms with Gasteiger partial charge in [-0.3, -0.25) is 4.90 Å². The molecule has 1 fully saturated rings. The summed E-state index contributed by atoms with van der Waals surface area (Å²) in [5, 5.41) is 3.33. The van der Waals surface area contributed by atoms with Crippen molar-refractivity contribution in [3.8, 4) is 0 Å². The molecule has 1 heterocycles. The van der Waals surface area contributed by atoms with E-state index >= 15 is 0 Å². The second-order valence-corrected chi connectivity index (χ2v) is 5.00. The summed E-state index contributed by atoms with van der Waals surface area (Å²) in [5.74, 6) is 0. The molecule has 0 radical (unpaired) electrons. The van der Waals surface area contributed by atoms with Crippen molar-refractivity contribution < 1.29 is 0 Å². The summed E-state index contributed by atoms with van der Waals surface area (Å²) >= 11 is 0. The van der Waals surface area contributed by atoms with Crippen LogP contribution in [0.15, 0.2) is 18.2 Å². The largest absolute Gasteiger partial charge is 0.314 e. The van der Waals surface area contributed by atoms with Crippen molar-refractivity contribution in [3.05, 3.63) is 34.9 Å². The summed E-state index contributed by atoms with van der Waals surface area (Å²) in [7, 11) is 2.23. The molecular formula is C14H22N2. The number of hydrogen-bond acceptors (Lipinski definition) is 2. The first-order valence-electron chi connectivity index (χ1n) is 6.09. The number of likely N-dealkylation sites (N-methyl/N-ethyl adjacent to an activating group) is 1.